The molecular weight excluding hydrogens is 386 g/mol. The first kappa shape index (κ1) is 20.7. The molecule has 5 nitrogen and oxygen atoms in total. The summed E-state index contributed by atoms with van der Waals surface area (Å²) < 4.78 is 2.12. The number of hydrogen-bond donors (Lipinski definition) is 1. The van der Waals surface area contributed by atoms with Gasteiger partial charge in [-0.15, -0.1) is 0 Å². The van der Waals surface area contributed by atoms with Crippen molar-refractivity contribution in [3.63, 3.8) is 0 Å². The minimum absolute atomic E-state index is 0.0551. The number of hydrogen-bond acceptors (Lipinski definition) is 2. The molecule has 6 heteroatoms. The maximum atomic E-state index is 12.4. The molecule has 2 amide bonds. The van der Waals surface area contributed by atoms with Gasteiger partial charge in [0.1, 0.15) is 0 Å². The Morgan fingerprint density at radius 2 is 1.52 bits per heavy atom. The summed E-state index contributed by atoms with van der Waals surface area (Å²) in [6, 6.07) is 18.8. The van der Waals surface area contributed by atoms with Crippen LogP contribution < -0.4 is 5.32 Å². The SMILES string of the molecule is Cc1ccc(C)n1-c1ccc(C(=O)NCC(=O)N(C)Cc2ccc(Cl)cc2)cc1. The van der Waals surface area contributed by atoms with E-state index in [-0.39, 0.29) is 18.4 Å². The van der Waals surface area contributed by atoms with Gasteiger partial charge in [0.25, 0.3) is 5.91 Å². The minimum atomic E-state index is -0.272. The van der Waals surface area contributed by atoms with Gasteiger partial charge in [-0.1, -0.05) is 23.7 Å². The molecule has 0 bridgehead atoms. The number of benzene rings is 2. The van der Waals surface area contributed by atoms with Crippen molar-refractivity contribution in [1.29, 1.82) is 0 Å². The van der Waals surface area contributed by atoms with Crippen molar-refractivity contribution in [3.8, 4) is 5.69 Å². The normalized spacial score (nSPS) is 10.6. The molecule has 0 aliphatic rings. The lowest BCUT2D eigenvalue weighted by atomic mass is 10.2. The largest absolute Gasteiger partial charge is 0.343 e. The van der Waals surface area contributed by atoms with E-state index in [1.54, 1.807) is 36.2 Å². The maximum Gasteiger partial charge on any atom is 0.251 e. The average Bonchev–Trinajstić information content (AvgIpc) is 3.05. The molecule has 0 fully saturated rings. The Morgan fingerprint density at radius 1 is 0.931 bits per heavy atom. The molecule has 150 valence electrons. The number of amides is 2. The van der Waals surface area contributed by atoms with Crippen LogP contribution in [0.1, 0.15) is 27.3 Å². The molecule has 0 unspecified atom stereocenters. The molecule has 0 atom stereocenters. The highest BCUT2D eigenvalue weighted by molar-refractivity contribution is 6.30. The standard InChI is InChI=1S/C23H24ClN3O2/c1-16-4-5-17(2)27(16)21-12-8-19(9-13-21)23(29)25-14-22(28)26(3)15-18-6-10-20(24)11-7-18/h4-13H,14-15H2,1-3H3,(H,25,29). The van der Waals surface area contributed by atoms with Crippen LogP contribution in [-0.2, 0) is 11.3 Å². The molecule has 29 heavy (non-hydrogen) atoms. The highest BCUT2D eigenvalue weighted by Gasteiger charge is 2.13. The lowest BCUT2D eigenvalue weighted by Crippen LogP contribution is -2.37. The number of aryl methyl sites for hydroxylation is 2. The van der Waals surface area contributed by atoms with Crippen LogP contribution in [0.15, 0.2) is 60.7 Å². The Hall–Kier alpha value is -3.05. The van der Waals surface area contributed by atoms with Crippen LogP contribution in [0.25, 0.3) is 5.69 Å². The number of carbonyl (C=O) groups excluding carboxylic acids is 2. The molecule has 0 radical (unpaired) electrons. The number of rotatable bonds is 6. The molecule has 0 saturated carbocycles. The Kier molecular flexibility index (Phi) is 6.39. The summed E-state index contributed by atoms with van der Waals surface area (Å²) in [5, 5.41) is 3.35. The van der Waals surface area contributed by atoms with Crippen molar-refractivity contribution < 1.29 is 9.59 Å². The molecule has 3 aromatic rings. The zero-order valence-corrected chi connectivity index (χ0v) is 17.5. The number of likely N-dealkylation sites (N-methyl/N-ethyl adjacent to an activating group) is 1. The van der Waals surface area contributed by atoms with Crippen molar-refractivity contribution in [2.45, 2.75) is 20.4 Å². The summed E-state index contributed by atoms with van der Waals surface area (Å²) in [6.45, 7) is 4.48. The Morgan fingerprint density at radius 3 is 2.10 bits per heavy atom. The van der Waals surface area contributed by atoms with Gasteiger partial charge in [-0.2, -0.15) is 0 Å². The zero-order valence-electron chi connectivity index (χ0n) is 16.8. The second-order valence-electron chi connectivity index (χ2n) is 7.06. The summed E-state index contributed by atoms with van der Waals surface area (Å²) >= 11 is 5.88. The van der Waals surface area contributed by atoms with Crippen molar-refractivity contribution in [1.82, 2.24) is 14.8 Å². The number of halogens is 1. The highest BCUT2D eigenvalue weighted by Crippen LogP contribution is 2.17. The third-order valence-corrected chi connectivity index (χ3v) is 5.07. The molecule has 2 aromatic carbocycles. The van der Waals surface area contributed by atoms with E-state index in [4.69, 9.17) is 11.6 Å². The summed E-state index contributed by atoms with van der Waals surface area (Å²) in [7, 11) is 1.71. The van der Waals surface area contributed by atoms with Crippen molar-refractivity contribution in [3.05, 3.63) is 88.2 Å². The molecule has 0 aliphatic heterocycles. The smallest absolute Gasteiger partial charge is 0.251 e. The fourth-order valence-electron chi connectivity index (χ4n) is 3.18. The minimum Gasteiger partial charge on any atom is -0.343 e. The fourth-order valence-corrected chi connectivity index (χ4v) is 3.31. The summed E-state index contributed by atoms with van der Waals surface area (Å²) in [5.41, 5.74) is 4.76. The molecule has 0 aliphatic carbocycles. The molecule has 1 aromatic heterocycles. The third-order valence-electron chi connectivity index (χ3n) is 4.82. The van der Waals surface area contributed by atoms with Crippen LogP contribution in [0.2, 0.25) is 5.02 Å². The first-order chi connectivity index (χ1) is 13.8. The first-order valence-electron chi connectivity index (χ1n) is 9.37. The maximum absolute atomic E-state index is 12.4. The zero-order chi connectivity index (χ0) is 21.0. The quantitative estimate of drug-likeness (QED) is 0.665. The summed E-state index contributed by atoms with van der Waals surface area (Å²) in [4.78, 5) is 26.3. The van der Waals surface area contributed by atoms with Crippen LogP contribution in [-0.4, -0.2) is 34.9 Å². The van der Waals surface area contributed by atoms with E-state index in [2.05, 4.69) is 22.0 Å². The summed E-state index contributed by atoms with van der Waals surface area (Å²) in [6.07, 6.45) is 0. The molecule has 0 saturated heterocycles. The predicted molar refractivity (Wildman–Crippen MR) is 116 cm³/mol. The summed E-state index contributed by atoms with van der Waals surface area (Å²) in [5.74, 6) is -0.436. The van der Waals surface area contributed by atoms with Crippen molar-refractivity contribution >= 4 is 23.4 Å². The average molecular weight is 410 g/mol. The van der Waals surface area contributed by atoms with Crippen LogP contribution >= 0.6 is 11.6 Å². The van der Waals surface area contributed by atoms with Crippen molar-refractivity contribution in [2.24, 2.45) is 0 Å². The van der Waals surface area contributed by atoms with Crippen LogP contribution in [0.4, 0.5) is 0 Å². The highest BCUT2D eigenvalue weighted by atomic mass is 35.5. The molecule has 3 rings (SSSR count). The molecule has 1 N–H and O–H groups in total. The fraction of sp³-hybridized carbons (Fsp3) is 0.217. The van der Waals surface area contributed by atoms with Gasteiger partial charge in [0.05, 0.1) is 6.54 Å². The number of carbonyl (C=O) groups is 2. The van der Waals surface area contributed by atoms with Gasteiger partial charge >= 0.3 is 0 Å². The topological polar surface area (TPSA) is 54.3 Å². The van der Waals surface area contributed by atoms with Gasteiger partial charge in [0, 0.05) is 41.3 Å². The van der Waals surface area contributed by atoms with Crippen LogP contribution in [0.5, 0.6) is 0 Å². The Labute approximate surface area is 175 Å². The number of nitrogens with one attached hydrogen (secondary N) is 1. The number of nitrogens with zero attached hydrogens (tertiary/aromatic N) is 2. The third kappa shape index (κ3) is 5.06. The van der Waals surface area contributed by atoms with E-state index in [1.807, 2.05) is 38.1 Å². The van der Waals surface area contributed by atoms with E-state index >= 15 is 0 Å². The molecule has 1 heterocycles. The lowest BCUT2D eigenvalue weighted by Gasteiger charge is -2.18. The van der Waals surface area contributed by atoms with Gasteiger partial charge in [-0.05, 0) is 67.9 Å². The first-order valence-corrected chi connectivity index (χ1v) is 9.75. The second kappa shape index (κ2) is 8.97. The number of aromatic nitrogens is 1. The van der Waals surface area contributed by atoms with E-state index in [0.717, 1.165) is 22.6 Å². The second-order valence-corrected chi connectivity index (χ2v) is 7.49. The monoisotopic (exact) mass is 409 g/mol. The Bertz CT molecular complexity index is 988. The molecule has 0 spiro atoms. The van der Waals surface area contributed by atoms with E-state index in [0.29, 0.717) is 17.1 Å². The molecular formula is C23H24ClN3O2. The van der Waals surface area contributed by atoms with Crippen LogP contribution in [0, 0.1) is 13.8 Å². The van der Waals surface area contributed by atoms with Crippen LogP contribution in [0.3, 0.4) is 0 Å². The van der Waals surface area contributed by atoms with Gasteiger partial charge in [-0.25, -0.2) is 0 Å². The van der Waals surface area contributed by atoms with E-state index < -0.39 is 0 Å². The Balaban J connectivity index is 1.56. The van der Waals surface area contributed by atoms with Gasteiger partial charge in [-0.3, -0.25) is 9.59 Å². The van der Waals surface area contributed by atoms with Gasteiger partial charge in [0.2, 0.25) is 5.91 Å². The predicted octanol–water partition coefficient (Wildman–Crippen LogP) is 4.14. The van der Waals surface area contributed by atoms with Gasteiger partial charge < -0.3 is 14.8 Å². The lowest BCUT2D eigenvalue weighted by molar-refractivity contribution is -0.129. The van der Waals surface area contributed by atoms with E-state index in [9.17, 15) is 9.59 Å². The van der Waals surface area contributed by atoms with E-state index in [1.165, 1.54) is 0 Å². The van der Waals surface area contributed by atoms with Gasteiger partial charge in [0.15, 0.2) is 0 Å². The van der Waals surface area contributed by atoms with Crippen molar-refractivity contribution in [2.75, 3.05) is 13.6 Å².